The van der Waals surface area contributed by atoms with Crippen molar-refractivity contribution in [2.24, 2.45) is 5.73 Å². The molecule has 1 amide bonds. The molecule has 0 aromatic heterocycles. The lowest BCUT2D eigenvalue weighted by molar-refractivity contribution is 0.100. The Hall–Kier alpha value is -1.82. The van der Waals surface area contributed by atoms with Gasteiger partial charge in [0.25, 0.3) is 5.91 Å². The highest BCUT2D eigenvalue weighted by Crippen LogP contribution is 2.24. The van der Waals surface area contributed by atoms with E-state index in [0.29, 0.717) is 12.2 Å². The molecule has 0 fully saturated rings. The van der Waals surface area contributed by atoms with Crippen molar-refractivity contribution in [3.8, 4) is 0 Å². The molecule has 0 saturated carbocycles. The van der Waals surface area contributed by atoms with Crippen LogP contribution >= 0.6 is 0 Å². The molecule has 1 rings (SSSR count). The number of carbonyl (C=O) groups is 1. The number of nitrogens with zero attached hydrogens (tertiary/aromatic N) is 2. The molecule has 106 valence electrons. The lowest BCUT2D eigenvalue weighted by Crippen LogP contribution is -2.25. The van der Waals surface area contributed by atoms with E-state index in [1.165, 1.54) is 6.07 Å². The maximum Gasteiger partial charge on any atom is 0.250 e. The van der Waals surface area contributed by atoms with E-state index in [-0.39, 0.29) is 11.3 Å². The van der Waals surface area contributed by atoms with Gasteiger partial charge in [0.1, 0.15) is 5.82 Å². The van der Waals surface area contributed by atoms with Crippen molar-refractivity contribution in [2.75, 3.05) is 44.9 Å². The molecule has 19 heavy (non-hydrogen) atoms. The average Bonchev–Trinajstić information content (AvgIpc) is 2.27. The number of halogens is 1. The van der Waals surface area contributed by atoms with E-state index >= 15 is 0 Å². The van der Waals surface area contributed by atoms with Gasteiger partial charge >= 0.3 is 0 Å². The Morgan fingerprint density at radius 2 is 1.89 bits per heavy atom. The molecular formula is C13H21FN4O. The van der Waals surface area contributed by atoms with E-state index < -0.39 is 11.7 Å². The van der Waals surface area contributed by atoms with Crippen molar-refractivity contribution in [3.05, 3.63) is 23.5 Å². The summed E-state index contributed by atoms with van der Waals surface area (Å²) in [6.45, 7) is 1.58. The Morgan fingerprint density at radius 1 is 1.26 bits per heavy atom. The number of anilines is 2. The van der Waals surface area contributed by atoms with Gasteiger partial charge in [0.2, 0.25) is 0 Å². The van der Waals surface area contributed by atoms with Crippen molar-refractivity contribution >= 4 is 17.3 Å². The van der Waals surface area contributed by atoms with Crippen molar-refractivity contribution in [3.63, 3.8) is 0 Å². The molecule has 0 atom stereocenters. The van der Waals surface area contributed by atoms with Crippen LogP contribution in [0.3, 0.4) is 0 Å². The van der Waals surface area contributed by atoms with Crippen molar-refractivity contribution in [1.82, 2.24) is 4.90 Å². The van der Waals surface area contributed by atoms with Gasteiger partial charge in [0, 0.05) is 19.3 Å². The summed E-state index contributed by atoms with van der Waals surface area (Å²) in [4.78, 5) is 15.0. The summed E-state index contributed by atoms with van der Waals surface area (Å²) in [6, 6.07) is 2.54. The highest BCUT2D eigenvalue weighted by atomic mass is 19.1. The molecule has 0 aliphatic carbocycles. The molecule has 0 unspecified atom stereocenters. The largest absolute Gasteiger partial charge is 0.398 e. The topological polar surface area (TPSA) is 75.6 Å². The molecule has 0 spiro atoms. The van der Waals surface area contributed by atoms with Gasteiger partial charge in [-0.05, 0) is 39.2 Å². The van der Waals surface area contributed by atoms with E-state index in [9.17, 15) is 9.18 Å². The number of primary amides is 1. The molecule has 0 bridgehead atoms. The molecule has 0 heterocycles. The number of nitrogens with two attached hydrogens (primary N) is 2. The van der Waals surface area contributed by atoms with Crippen LogP contribution < -0.4 is 16.4 Å². The fourth-order valence-electron chi connectivity index (χ4n) is 1.83. The summed E-state index contributed by atoms with van der Waals surface area (Å²) in [5, 5.41) is 0. The molecule has 1 aromatic carbocycles. The van der Waals surface area contributed by atoms with Crippen molar-refractivity contribution in [1.29, 1.82) is 0 Å². The number of hydrogen-bond acceptors (Lipinski definition) is 4. The monoisotopic (exact) mass is 268 g/mol. The highest BCUT2D eigenvalue weighted by molar-refractivity contribution is 5.99. The first-order valence-electron chi connectivity index (χ1n) is 6.07. The zero-order chi connectivity index (χ0) is 14.6. The van der Waals surface area contributed by atoms with Crippen LogP contribution in [0.5, 0.6) is 0 Å². The predicted octanol–water partition coefficient (Wildman–Crippen LogP) is 0.895. The fourth-order valence-corrected chi connectivity index (χ4v) is 1.83. The van der Waals surface area contributed by atoms with Crippen LogP contribution in [0.4, 0.5) is 15.8 Å². The third kappa shape index (κ3) is 4.10. The smallest absolute Gasteiger partial charge is 0.250 e. The quantitative estimate of drug-likeness (QED) is 0.751. The number of benzene rings is 1. The molecule has 0 radical (unpaired) electrons. The standard InChI is InChI=1S/C13H21FN4O/c1-17(2)5-4-6-18(3)12-7-9(13(16)19)11(15)8-10(12)14/h7-8H,4-6,15H2,1-3H3,(H2,16,19). The van der Waals surface area contributed by atoms with Crippen LogP contribution in [-0.2, 0) is 0 Å². The molecule has 0 saturated heterocycles. The Kier molecular flexibility index (Phi) is 5.11. The molecule has 0 aliphatic rings. The third-order valence-corrected chi connectivity index (χ3v) is 2.89. The van der Waals surface area contributed by atoms with Gasteiger partial charge in [-0.3, -0.25) is 4.79 Å². The molecule has 4 N–H and O–H groups in total. The highest BCUT2D eigenvalue weighted by Gasteiger charge is 2.14. The number of nitrogen functional groups attached to an aromatic ring is 1. The van der Waals surface area contributed by atoms with E-state index in [0.717, 1.165) is 19.0 Å². The summed E-state index contributed by atoms with van der Waals surface area (Å²) in [6.07, 6.45) is 0.888. The van der Waals surface area contributed by atoms with Gasteiger partial charge in [-0.25, -0.2) is 4.39 Å². The first-order chi connectivity index (χ1) is 8.82. The summed E-state index contributed by atoms with van der Waals surface area (Å²) >= 11 is 0. The van der Waals surface area contributed by atoms with Crippen LogP contribution in [0, 0.1) is 5.82 Å². The van der Waals surface area contributed by atoms with Gasteiger partial charge in [0.05, 0.1) is 11.3 Å². The summed E-state index contributed by atoms with van der Waals surface area (Å²) in [5.74, 6) is -1.10. The Labute approximate surface area is 113 Å². The minimum atomic E-state index is -0.652. The SMILES string of the molecule is CN(C)CCCN(C)c1cc(C(N)=O)c(N)cc1F. The average molecular weight is 268 g/mol. The minimum Gasteiger partial charge on any atom is -0.398 e. The number of rotatable bonds is 6. The van der Waals surface area contributed by atoms with Crippen LogP contribution in [-0.4, -0.2) is 45.0 Å². The number of carbonyl (C=O) groups excluding carboxylic acids is 1. The predicted molar refractivity (Wildman–Crippen MR) is 75.8 cm³/mol. The third-order valence-electron chi connectivity index (χ3n) is 2.89. The lowest BCUT2D eigenvalue weighted by Gasteiger charge is -2.22. The second kappa shape index (κ2) is 6.38. The first-order valence-corrected chi connectivity index (χ1v) is 6.07. The van der Waals surface area contributed by atoms with E-state index in [2.05, 4.69) is 4.90 Å². The summed E-state index contributed by atoms with van der Waals surface area (Å²) < 4.78 is 13.8. The molecule has 5 nitrogen and oxygen atoms in total. The van der Waals surface area contributed by atoms with Crippen LogP contribution in [0.1, 0.15) is 16.8 Å². The van der Waals surface area contributed by atoms with E-state index in [1.54, 1.807) is 11.9 Å². The van der Waals surface area contributed by atoms with Gasteiger partial charge in [-0.15, -0.1) is 0 Å². The second-order valence-corrected chi connectivity index (χ2v) is 4.83. The Morgan fingerprint density at radius 3 is 2.42 bits per heavy atom. The molecule has 1 aromatic rings. The number of amides is 1. The van der Waals surface area contributed by atoms with E-state index in [4.69, 9.17) is 11.5 Å². The maximum atomic E-state index is 13.8. The van der Waals surface area contributed by atoms with Crippen LogP contribution in [0.25, 0.3) is 0 Å². The zero-order valence-electron chi connectivity index (χ0n) is 11.6. The molecular weight excluding hydrogens is 247 g/mol. The van der Waals surface area contributed by atoms with E-state index in [1.807, 2.05) is 14.1 Å². The fraction of sp³-hybridized carbons (Fsp3) is 0.462. The van der Waals surface area contributed by atoms with Gasteiger partial charge in [0.15, 0.2) is 0 Å². The molecule has 6 heteroatoms. The second-order valence-electron chi connectivity index (χ2n) is 4.83. The van der Waals surface area contributed by atoms with Gasteiger partial charge < -0.3 is 21.3 Å². The van der Waals surface area contributed by atoms with Crippen molar-refractivity contribution < 1.29 is 9.18 Å². The summed E-state index contributed by atoms with van der Waals surface area (Å²) in [7, 11) is 5.74. The summed E-state index contributed by atoms with van der Waals surface area (Å²) in [5.41, 5.74) is 11.3. The maximum absolute atomic E-state index is 13.8. The van der Waals surface area contributed by atoms with Crippen molar-refractivity contribution in [2.45, 2.75) is 6.42 Å². The van der Waals surface area contributed by atoms with Gasteiger partial charge in [-0.1, -0.05) is 0 Å². The van der Waals surface area contributed by atoms with Crippen LogP contribution in [0.15, 0.2) is 12.1 Å². The zero-order valence-corrected chi connectivity index (χ0v) is 11.6. The lowest BCUT2D eigenvalue weighted by atomic mass is 10.1. The Balaban J connectivity index is 2.87. The number of hydrogen-bond donors (Lipinski definition) is 2. The minimum absolute atomic E-state index is 0.0652. The van der Waals surface area contributed by atoms with Crippen LogP contribution in [0.2, 0.25) is 0 Å². The molecule has 0 aliphatic heterocycles. The Bertz CT molecular complexity index is 462. The normalized spacial score (nSPS) is 10.8. The van der Waals surface area contributed by atoms with Gasteiger partial charge in [-0.2, -0.15) is 0 Å². The first kappa shape index (κ1) is 15.2.